The molecule has 1 rings (SSSR count). The van der Waals surface area contributed by atoms with Crippen molar-refractivity contribution >= 4 is 35.4 Å². The SMILES string of the molecule is CN[C@H](C(=O)N[C@H](C(=O)N(C)[C@H](C(=O)N(C)[C@H](C(=O)N[C@H](C(=O)N(C)[C@H](C(=O)NCCc1ccccc1)C(C)C)C(C)C)C(C)C)C(C)C)C(C)C)C(C)C. The minimum Gasteiger partial charge on any atom is -0.354 e. The highest BCUT2D eigenvalue weighted by atomic mass is 16.2. The van der Waals surface area contributed by atoms with Crippen LogP contribution in [0, 0.1) is 35.5 Å². The molecule has 312 valence electrons. The number of carbonyl (C=O) groups excluding carboxylic acids is 6. The molecule has 55 heavy (non-hydrogen) atoms. The molecule has 0 aliphatic carbocycles. The van der Waals surface area contributed by atoms with Gasteiger partial charge in [0.2, 0.25) is 35.4 Å². The first-order chi connectivity index (χ1) is 25.5. The highest BCUT2D eigenvalue weighted by molar-refractivity contribution is 5.97. The maximum atomic E-state index is 14.4. The number of nitrogens with zero attached hydrogens (tertiary/aromatic N) is 3. The lowest BCUT2D eigenvalue weighted by molar-refractivity contribution is -0.152. The van der Waals surface area contributed by atoms with Crippen LogP contribution in [0.1, 0.15) is 88.6 Å². The number of rotatable bonds is 21. The monoisotopic (exact) mass is 772 g/mol. The molecule has 1 aromatic carbocycles. The van der Waals surface area contributed by atoms with Crippen molar-refractivity contribution in [1.82, 2.24) is 36.0 Å². The van der Waals surface area contributed by atoms with Gasteiger partial charge in [0.15, 0.2) is 0 Å². The maximum Gasteiger partial charge on any atom is 0.246 e. The van der Waals surface area contributed by atoms with Gasteiger partial charge in [0, 0.05) is 27.7 Å². The van der Waals surface area contributed by atoms with E-state index in [1.165, 1.54) is 21.7 Å². The van der Waals surface area contributed by atoms with Crippen LogP contribution in [0.3, 0.4) is 0 Å². The predicted molar refractivity (Wildman–Crippen MR) is 219 cm³/mol. The standard InChI is InChI=1S/C42H73N7O6/c1-24(2)31(43-13)37(50)45-32(25(3)4)41(54)49(16)36(29(11)12)42(55)48(15)35(28(9)10)39(52)46-33(26(5)6)40(53)47(14)34(27(7)8)38(51)44-23-22-30-20-18-17-19-21-30/h17-21,24-29,31-36,43H,22-23H2,1-16H3,(H,44,51)(H,45,50)(H,46,52)/t31-,32-,33-,34-,35-,36-/m0/s1. The Morgan fingerprint density at radius 2 is 0.873 bits per heavy atom. The van der Waals surface area contributed by atoms with E-state index in [9.17, 15) is 28.8 Å². The molecule has 13 nitrogen and oxygen atoms in total. The second kappa shape index (κ2) is 22.5. The van der Waals surface area contributed by atoms with Gasteiger partial charge in [0.1, 0.15) is 30.2 Å². The summed E-state index contributed by atoms with van der Waals surface area (Å²) in [5, 5.41) is 11.8. The third kappa shape index (κ3) is 13.6. The summed E-state index contributed by atoms with van der Waals surface area (Å²) in [4.78, 5) is 87.3. The lowest BCUT2D eigenvalue weighted by Crippen LogP contribution is -2.63. The van der Waals surface area contributed by atoms with E-state index in [2.05, 4.69) is 21.3 Å². The minimum atomic E-state index is -0.984. The normalized spacial score (nSPS) is 15.0. The largest absolute Gasteiger partial charge is 0.354 e. The molecule has 0 spiro atoms. The number of benzene rings is 1. The second-order valence-electron chi connectivity index (χ2n) is 16.9. The maximum absolute atomic E-state index is 14.4. The zero-order valence-corrected chi connectivity index (χ0v) is 36.5. The molecule has 6 amide bonds. The molecule has 0 radical (unpaired) electrons. The molecule has 0 aromatic heterocycles. The first kappa shape index (κ1) is 49.0. The number of hydrogen-bond acceptors (Lipinski definition) is 7. The van der Waals surface area contributed by atoms with Crippen LogP contribution < -0.4 is 21.3 Å². The van der Waals surface area contributed by atoms with E-state index in [0.717, 1.165) is 5.56 Å². The topological polar surface area (TPSA) is 160 Å². The van der Waals surface area contributed by atoms with Gasteiger partial charge in [-0.3, -0.25) is 28.8 Å². The van der Waals surface area contributed by atoms with Crippen molar-refractivity contribution in [3.8, 4) is 0 Å². The Balaban J connectivity index is 3.29. The molecule has 4 N–H and O–H groups in total. The highest BCUT2D eigenvalue weighted by Crippen LogP contribution is 2.21. The summed E-state index contributed by atoms with van der Waals surface area (Å²) >= 11 is 0. The Morgan fingerprint density at radius 1 is 0.491 bits per heavy atom. The van der Waals surface area contributed by atoms with Gasteiger partial charge < -0.3 is 36.0 Å². The van der Waals surface area contributed by atoms with E-state index < -0.39 is 59.9 Å². The molecule has 6 atom stereocenters. The van der Waals surface area contributed by atoms with Gasteiger partial charge in [-0.1, -0.05) is 113 Å². The lowest BCUT2D eigenvalue weighted by Gasteiger charge is -2.40. The number of hydrogen-bond donors (Lipinski definition) is 4. The van der Waals surface area contributed by atoms with Crippen molar-refractivity contribution in [2.75, 3.05) is 34.7 Å². The zero-order valence-electron chi connectivity index (χ0n) is 36.5. The van der Waals surface area contributed by atoms with E-state index in [1.54, 1.807) is 21.1 Å². The first-order valence-corrected chi connectivity index (χ1v) is 19.9. The van der Waals surface area contributed by atoms with Crippen molar-refractivity contribution in [2.45, 2.75) is 126 Å². The number of likely N-dealkylation sites (N-methyl/N-ethyl adjacent to an activating group) is 4. The average Bonchev–Trinajstić information content (AvgIpc) is 3.08. The van der Waals surface area contributed by atoms with Gasteiger partial charge in [-0.25, -0.2) is 0 Å². The number of nitrogens with one attached hydrogen (secondary N) is 4. The Kier molecular flexibility index (Phi) is 20.1. The molecule has 0 unspecified atom stereocenters. The fraction of sp³-hybridized carbons (Fsp3) is 0.714. The third-order valence-electron chi connectivity index (χ3n) is 10.3. The quantitative estimate of drug-likeness (QED) is 0.149. The van der Waals surface area contributed by atoms with E-state index in [4.69, 9.17) is 0 Å². The Labute approximate surface area is 331 Å². The van der Waals surface area contributed by atoms with E-state index in [0.29, 0.717) is 13.0 Å². The second-order valence-corrected chi connectivity index (χ2v) is 16.9. The van der Waals surface area contributed by atoms with Gasteiger partial charge in [-0.2, -0.15) is 0 Å². The molecular weight excluding hydrogens is 699 g/mol. The van der Waals surface area contributed by atoms with Gasteiger partial charge in [-0.15, -0.1) is 0 Å². The molecule has 0 aliphatic heterocycles. The molecule has 0 fully saturated rings. The smallest absolute Gasteiger partial charge is 0.246 e. The van der Waals surface area contributed by atoms with Crippen molar-refractivity contribution in [2.24, 2.45) is 35.5 Å². The Bertz CT molecular complexity index is 1410. The highest BCUT2D eigenvalue weighted by Gasteiger charge is 2.42. The molecule has 13 heteroatoms. The van der Waals surface area contributed by atoms with E-state index in [1.807, 2.05) is 113 Å². The van der Waals surface area contributed by atoms with Crippen LogP contribution >= 0.6 is 0 Å². The molecule has 0 saturated heterocycles. The molecule has 0 saturated carbocycles. The van der Waals surface area contributed by atoms with Gasteiger partial charge in [0.05, 0.1) is 6.04 Å². The Hall–Kier alpha value is -4.00. The van der Waals surface area contributed by atoms with Gasteiger partial charge in [0.25, 0.3) is 0 Å². The summed E-state index contributed by atoms with van der Waals surface area (Å²) in [6, 6.07) is 4.74. The number of carbonyl (C=O) groups is 6. The van der Waals surface area contributed by atoms with Crippen LogP contribution in [0.5, 0.6) is 0 Å². The number of amides is 6. The van der Waals surface area contributed by atoms with Crippen LogP contribution in [0.25, 0.3) is 0 Å². The predicted octanol–water partition coefficient (Wildman–Crippen LogP) is 3.32. The summed E-state index contributed by atoms with van der Waals surface area (Å²) in [5.41, 5.74) is 1.09. The van der Waals surface area contributed by atoms with Crippen molar-refractivity contribution < 1.29 is 28.8 Å². The first-order valence-electron chi connectivity index (χ1n) is 19.9. The molecule has 0 bridgehead atoms. The minimum absolute atomic E-state index is 0.0133. The molecule has 1 aromatic rings. The van der Waals surface area contributed by atoms with Gasteiger partial charge >= 0.3 is 0 Å². The summed E-state index contributed by atoms with van der Waals surface area (Å²) in [6.07, 6.45) is 0.647. The molecule has 0 aliphatic rings. The van der Waals surface area contributed by atoms with Crippen LogP contribution in [-0.4, -0.2) is 121 Å². The average molecular weight is 772 g/mol. The third-order valence-corrected chi connectivity index (χ3v) is 10.3. The summed E-state index contributed by atoms with van der Waals surface area (Å²) in [7, 11) is 6.36. The van der Waals surface area contributed by atoms with E-state index >= 15 is 0 Å². The Morgan fingerprint density at radius 3 is 1.27 bits per heavy atom. The fourth-order valence-electron chi connectivity index (χ4n) is 7.16. The van der Waals surface area contributed by atoms with Crippen LogP contribution in [-0.2, 0) is 35.2 Å². The summed E-state index contributed by atoms with van der Waals surface area (Å²) in [5.74, 6) is -3.90. The summed E-state index contributed by atoms with van der Waals surface area (Å²) < 4.78 is 0. The van der Waals surface area contributed by atoms with Crippen LogP contribution in [0.4, 0.5) is 0 Å². The lowest BCUT2D eigenvalue weighted by atomic mass is 9.94. The molecule has 0 heterocycles. The van der Waals surface area contributed by atoms with Gasteiger partial charge in [-0.05, 0) is 54.5 Å². The van der Waals surface area contributed by atoms with Crippen molar-refractivity contribution in [3.63, 3.8) is 0 Å². The molecular formula is C42H73N7O6. The van der Waals surface area contributed by atoms with E-state index in [-0.39, 0.29) is 47.3 Å². The van der Waals surface area contributed by atoms with Crippen molar-refractivity contribution in [3.05, 3.63) is 35.9 Å². The van der Waals surface area contributed by atoms with Crippen LogP contribution in [0.15, 0.2) is 30.3 Å². The zero-order chi connectivity index (χ0) is 42.5. The van der Waals surface area contributed by atoms with Crippen molar-refractivity contribution in [1.29, 1.82) is 0 Å². The summed E-state index contributed by atoms with van der Waals surface area (Å²) in [6.45, 7) is 22.6. The van der Waals surface area contributed by atoms with Crippen LogP contribution in [0.2, 0.25) is 0 Å². The fourth-order valence-corrected chi connectivity index (χ4v) is 7.16.